The normalized spacial score (nSPS) is 26.1. The molecule has 1 aliphatic rings. The molecule has 1 aliphatic heterocycles. The monoisotopic (exact) mass is 186 g/mol. The summed E-state index contributed by atoms with van der Waals surface area (Å²) < 4.78 is 30.4. The van der Waals surface area contributed by atoms with Gasteiger partial charge in [-0.2, -0.15) is 0 Å². The van der Waals surface area contributed by atoms with E-state index in [-0.39, 0.29) is 18.8 Å². The molecule has 0 saturated carbocycles. The topological polar surface area (TPSA) is 32.8 Å². The Balaban J connectivity index is 2.22. The minimum atomic E-state index is -0.623. The van der Waals surface area contributed by atoms with E-state index in [2.05, 4.69) is 0 Å². The lowest BCUT2D eigenvalue weighted by atomic mass is 10.1. The molecule has 1 fully saturated rings. The van der Waals surface area contributed by atoms with Gasteiger partial charge in [0.1, 0.15) is 23.8 Å². The van der Waals surface area contributed by atoms with Crippen molar-refractivity contribution in [3.8, 4) is 0 Å². The number of aliphatic hydroxyl groups is 1. The van der Waals surface area contributed by atoms with Crippen molar-refractivity contribution < 1.29 is 18.6 Å². The summed E-state index contributed by atoms with van der Waals surface area (Å²) >= 11 is 0. The predicted molar refractivity (Wildman–Crippen MR) is 41.1 cm³/mol. The molecule has 2 nitrogen and oxygen atoms in total. The van der Waals surface area contributed by atoms with Gasteiger partial charge in [-0.1, -0.05) is 0 Å². The van der Waals surface area contributed by atoms with Crippen LogP contribution in [0.2, 0.25) is 0 Å². The van der Waals surface area contributed by atoms with Crippen LogP contribution in [0.1, 0.15) is 11.7 Å². The highest BCUT2D eigenvalue weighted by Gasteiger charge is 2.39. The van der Waals surface area contributed by atoms with E-state index >= 15 is 0 Å². The van der Waals surface area contributed by atoms with Gasteiger partial charge in [0.25, 0.3) is 0 Å². The van der Waals surface area contributed by atoms with Crippen LogP contribution in [0.25, 0.3) is 0 Å². The Kier molecular flexibility index (Phi) is 2.01. The second kappa shape index (κ2) is 3.05. The van der Waals surface area contributed by atoms with Crippen LogP contribution in [0.3, 0.4) is 0 Å². The quantitative estimate of drug-likeness (QED) is 0.708. The molecule has 0 aliphatic carbocycles. The van der Waals surface area contributed by atoms with E-state index in [1.54, 1.807) is 0 Å². The number of aliphatic hydroxyl groups excluding tert-OH is 1. The van der Waals surface area contributed by atoms with E-state index < -0.39 is 11.6 Å². The smallest absolute Gasteiger partial charge is 0.126 e. The summed E-state index contributed by atoms with van der Waals surface area (Å²) in [5.41, 5.74) is 0.441. The summed E-state index contributed by atoms with van der Waals surface area (Å²) in [5, 5.41) is 8.66. The maximum Gasteiger partial charge on any atom is 0.126 e. The van der Waals surface area contributed by atoms with E-state index in [1.807, 2.05) is 0 Å². The van der Waals surface area contributed by atoms with Crippen LogP contribution in [0, 0.1) is 11.6 Å². The fraction of sp³-hybridized carbons (Fsp3) is 0.333. The summed E-state index contributed by atoms with van der Waals surface area (Å²) in [5.74, 6) is -1.25. The van der Waals surface area contributed by atoms with Crippen molar-refractivity contribution in [2.45, 2.75) is 12.2 Å². The molecular formula is C9H8F2O2. The number of hydrogen-bond donors (Lipinski definition) is 1. The maximum atomic E-state index is 12.7. The zero-order chi connectivity index (χ0) is 9.42. The first-order valence-electron chi connectivity index (χ1n) is 3.93. The first-order chi connectivity index (χ1) is 6.20. The van der Waals surface area contributed by atoms with Crippen LogP contribution in [-0.2, 0) is 4.74 Å². The van der Waals surface area contributed by atoms with Crippen molar-refractivity contribution in [2.75, 3.05) is 6.61 Å². The summed E-state index contributed by atoms with van der Waals surface area (Å²) in [7, 11) is 0. The van der Waals surface area contributed by atoms with Gasteiger partial charge >= 0.3 is 0 Å². The zero-order valence-electron chi connectivity index (χ0n) is 6.71. The third-order valence-electron chi connectivity index (χ3n) is 1.98. The highest BCUT2D eigenvalue weighted by atomic mass is 19.1. The summed E-state index contributed by atoms with van der Waals surface area (Å²) in [6.07, 6.45) is -0.656. The van der Waals surface area contributed by atoms with Crippen molar-refractivity contribution in [2.24, 2.45) is 0 Å². The summed E-state index contributed by atoms with van der Waals surface area (Å²) in [4.78, 5) is 0. The first-order valence-corrected chi connectivity index (χ1v) is 3.93. The second-order valence-electron chi connectivity index (χ2n) is 2.98. The van der Waals surface area contributed by atoms with Gasteiger partial charge in [-0.3, -0.25) is 0 Å². The number of halogens is 2. The van der Waals surface area contributed by atoms with Gasteiger partial charge in [-0.15, -0.1) is 0 Å². The molecule has 2 atom stereocenters. The fourth-order valence-corrected chi connectivity index (χ4v) is 1.31. The van der Waals surface area contributed by atoms with Crippen LogP contribution in [0.4, 0.5) is 8.78 Å². The lowest BCUT2D eigenvalue weighted by Gasteiger charge is -1.96. The molecule has 0 spiro atoms. The lowest BCUT2D eigenvalue weighted by molar-refractivity contribution is 0.242. The third kappa shape index (κ3) is 1.68. The molecule has 0 radical (unpaired) electrons. The van der Waals surface area contributed by atoms with Gasteiger partial charge < -0.3 is 9.84 Å². The minimum absolute atomic E-state index is 0.122. The molecule has 0 bridgehead atoms. The molecule has 70 valence electrons. The Hall–Kier alpha value is -1.00. The Morgan fingerprint density at radius 1 is 1.23 bits per heavy atom. The zero-order valence-corrected chi connectivity index (χ0v) is 6.71. The predicted octanol–water partition coefficient (Wildman–Crippen LogP) is 1.40. The van der Waals surface area contributed by atoms with Crippen LogP contribution < -0.4 is 0 Å². The number of epoxide rings is 1. The van der Waals surface area contributed by atoms with E-state index in [1.165, 1.54) is 12.1 Å². The molecule has 1 N–H and O–H groups in total. The van der Waals surface area contributed by atoms with Crippen LogP contribution in [0.5, 0.6) is 0 Å². The van der Waals surface area contributed by atoms with Crippen molar-refractivity contribution >= 4 is 0 Å². The van der Waals surface area contributed by atoms with Gasteiger partial charge in [0.2, 0.25) is 0 Å². The van der Waals surface area contributed by atoms with Gasteiger partial charge in [0.15, 0.2) is 0 Å². The van der Waals surface area contributed by atoms with Gasteiger partial charge in [0.05, 0.1) is 6.61 Å². The average molecular weight is 186 g/mol. The third-order valence-corrected chi connectivity index (χ3v) is 1.98. The van der Waals surface area contributed by atoms with Crippen molar-refractivity contribution in [3.63, 3.8) is 0 Å². The lowest BCUT2D eigenvalue weighted by Crippen LogP contribution is -1.95. The Bertz CT molecular complexity index is 307. The van der Waals surface area contributed by atoms with Gasteiger partial charge in [-0.05, 0) is 17.7 Å². The van der Waals surface area contributed by atoms with E-state index in [9.17, 15) is 8.78 Å². The maximum absolute atomic E-state index is 12.7. The van der Waals surface area contributed by atoms with Gasteiger partial charge in [-0.25, -0.2) is 8.78 Å². The van der Waals surface area contributed by atoms with Crippen molar-refractivity contribution in [3.05, 3.63) is 35.4 Å². The molecule has 1 heterocycles. The molecule has 0 aromatic heterocycles. The molecule has 1 aromatic rings. The van der Waals surface area contributed by atoms with E-state index in [0.717, 1.165) is 6.07 Å². The number of ether oxygens (including phenoxy) is 1. The largest absolute Gasteiger partial charge is 0.394 e. The molecule has 2 rings (SSSR count). The van der Waals surface area contributed by atoms with Crippen LogP contribution in [0.15, 0.2) is 18.2 Å². The number of hydrogen-bond acceptors (Lipinski definition) is 2. The molecule has 4 heteroatoms. The Morgan fingerprint density at radius 2 is 1.85 bits per heavy atom. The van der Waals surface area contributed by atoms with Gasteiger partial charge in [0, 0.05) is 6.07 Å². The highest BCUT2D eigenvalue weighted by Crippen LogP contribution is 2.38. The highest BCUT2D eigenvalue weighted by molar-refractivity contribution is 5.24. The van der Waals surface area contributed by atoms with E-state index in [0.29, 0.717) is 5.56 Å². The molecule has 0 unspecified atom stereocenters. The SMILES string of the molecule is OC[C@H]1O[C@H]1c1cc(F)cc(F)c1. The summed E-state index contributed by atoms with van der Waals surface area (Å²) in [6, 6.07) is 3.23. The molecule has 13 heavy (non-hydrogen) atoms. The molecule has 1 aromatic carbocycles. The number of benzene rings is 1. The minimum Gasteiger partial charge on any atom is -0.394 e. The average Bonchev–Trinajstić information content (AvgIpc) is 2.80. The van der Waals surface area contributed by atoms with E-state index in [4.69, 9.17) is 9.84 Å². The summed E-state index contributed by atoms with van der Waals surface area (Å²) in [6.45, 7) is -0.122. The fourth-order valence-electron chi connectivity index (χ4n) is 1.31. The Morgan fingerprint density at radius 3 is 2.31 bits per heavy atom. The number of rotatable bonds is 2. The second-order valence-corrected chi connectivity index (χ2v) is 2.98. The Labute approximate surface area is 73.8 Å². The molecule has 1 saturated heterocycles. The molecule has 0 amide bonds. The van der Waals surface area contributed by atoms with Crippen molar-refractivity contribution in [1.29, 1.82) is 0 Å². The molecular weight excluding hydrogens is 178 g/mol. The first kappa shape index (κ1) is 8.59. The van der Waals surface area contributed by atoms with Crippen LogP contribution in [-0.4, -0.2) is 17.8 Å². The van der Waals surface area contributed by atoms with Crippen molar-refractivity contribution in [1.82, 2.24) is 0 Å². The standard InChI is InChI=1S/C9H8F2O2/c10-6-1-5(2-7(11)3-6)9-8(4-12)13-9/h1-3,8-9,12H,4H2/t8-,9+/m1/s1. The van der Waals surface area contributed by atoms with Crippen LogP contribution >= 0.6 is 0 Å².